The van der Waals surface area contributed by atoms with Crippen LogP contribution in [-0.4, -0.2) is 45.6 Å². The molecule has 0 radical (unpaired) electrons. The van der Waals surface area contributed by atoms with E-state index < -0.39 is 6.10 Å². The Morgan fingerprint density at radius 3 is 1.10 bits per heavy atom. The predicted molar refractivity (Wildman–Crippen MR) is 24.0 cm³/mol. The molecule has 0 fully saturated rings. The normalized spacial score (nSPS) is 6.00. The van der Waals surface area contributed by atoms with Gasteiger partial charge in [0.05, 0.1) is 13.2 Å². The molecule has 0 amide bonds. The van der Waals surface area contributed by atoms with Crippen molar-refractivity contribution < 1.29 is 85.4 Å². The van der Waals surface area contributed by atoms with Gasteiger partial charge in [0.1, 0.15) is 6.10 Å². The van der Waals surface area contributed by atoms with Gasteiger partial charge in [-0.05, 0) is 0 Å². The third-order valence-electron chi connectivity index (χ3n) is 0.421. The molecule has 0 atom stereocenters. The molecule has 54 valence electrons. The molecule has 10 heavy (non-hydrogen) atoms. The van der Waals surface area contributed by atoms with Gasteiger partial charge < -0.3 is 26.3 Å². The summed E-state index contributed by atoms with van der Waals surface area (Å²) in [6, 6.07) is 0. The van der Waals surface area contributed by atoms with E-state index in [2.05, 4.69) is 0 Å². The predicted octanol–water partition coefficient (Wildman–Crippen LogP) is -8.01. The number of rotatable bonds is 2. The van der Waals surface area contributed by atoms with Gasteiger partial charge in [-0.2, -0.15) is 0 Å². The van der Waals surface area contributed by atoms with Crippen LogP contribution in [0, 0.1) is 0 Å². The zero-order chi connectivity index (χ0) is 4.99. The maximum Gasteiger partial charge on any atom is 1.00 e. The van der Waals surface area contributed by atoms with Crippen LogP contribution >= 0.6 is 0 Å². The van der Waals surface area contributed by atoms with E-state index in [1.807, 2.05) is 0 Å². The SMILES string of the molecule is OCC(O)CO.[Na+].[Na+].[OH-].[OH-]. The average Bonchev–Trinajstić information content (AvgIpc) is 1.65. The Balaban J connectivity index is -0.0000000208. The first-order valence-corrected chi connectivity index (χ1v) is 1.71. The largest absolute Gasteiger partial charge is 1.00 e. The molecule has 0 aliphatic carbocycles. The van der Waals surface area contributed by atoms with Crippen molar-refractivity contribution in [1.82, 2.24) is 0 Å². The summed E-state index contributed by atoms with van der Waals surface area (Å²) in [5, 5.41) is 24.0. The maximum atomic E-state index is 8.17. The summed E-state index contributed by atoms with van der Waals surface area (Å²) in [5.74, 6) is 0. The minimum Gasteiger partial charge on any atom is -0.870 e. The molecule has 0 aromatic rings. The Kier molecular flexibility index (Phi) is 66.8. The Hall–Kier alpha value is 1.80. The summed E-state index contributed by atoms with van der Waals surface area (Å²) in [5.41, 5.74) is 0. The van der Waals surface area contributed by atoms with Crippen molar-refractivity contribution in [3.8, 4) is 0 Å². The van der Waals surface area contributed by atoms with Crippen molar-refractivity contribution in [3.63, 3.8) is 0 Å². The fourth-order valence-corrected chi connectivity index (χ4v) is 0.0577. The first kappa shape index (κ1) is 29.8. The quantitative estimate of drug-likeness (QED) is 0.357. The standard InChI is InChI=1S/C3H8O3.2Na.2H2O/c4-1-3(6)2-5;;;;/h3-6H,1-2H2;;;2*1H2/q;2*+1;;/p-2. The Morgan fingerprint density at radius 2 is 1.10 bits per heavy atom. The third kappa shape index (κ3) is 22.6. The van der Waals surface area contributed by atoms with Gasteiger partial charge in [0.25, 0.3) is 0 Å². The van der Waals surface area contributed by atoms with Crippen LogP contribution in [0.3, 0.4) is 0 Å². The molecule has 0 spiro atoms. The van der Waals surface area contributed by atoms with Gasteiger partial charge >= 0.3 is 59.1 Å². The van der Waals surface area contributed by atoms with E-state index in [1.165, 1.54) is 0 Å². The summed E-state index contributed by atoms with van der Waals surface area (Å²) in [4.78, 5) is 0. The zero-order valence-electron chi connectivity index (χ0n) is 6.23. The fourth-order valence-electron chi connectivity index (χ4n) is 0.0577. The summed E-state index contributed by atoms with van der Waals surface area (Å²) >= 11 is 0. The monoisotopic (exact) mass is 172 g/mol. The molecule has 5 nitrogen and oxygen atoms in total. The Morgan fingerprint density at radius 1 is 0.900 bits per heavy atom. The van der Waals surface area contributed by atoms with Crippen molar-refractivity contribution >= 4 is 0 Å². The fraction of sp³-hybridized carbons (Fsp3) is 1.00. The van der Waals surface area contributed by atoms with Gasteiger partial charge in [-0.15, -0.1) is 0 Å². The van der Waals surface area contributed by atoms with Crippen molar-refractivity contribution in [2.24, 2.45) is 0 Å². The van der Waals surface area contributed by atoms with Gasteiger partial charge in [0.2, 0.25) is 0 Å². The number of hydrogen-bond acceptors (Lipinski definition) is 5. The van der Waals surface area contributed by atoms with Gasteiger partial charge in [-0.1, -0.05) is 0 Å². The van der Waals surface area contributed by atoms with Crippen LogP contribution in [0.5, 0.6) is 0 Å². The van der Waals surface area contributed by atoms with Crippen LogP contribution in [-0.2, 0) is 0 Å². The van der Waals surface area contributed by atoms with Crippen LogP contribution < -0.4 is 59.1 Å². The molecule has 0 unspecified atom stereocenters. The van der Waals surface area contributed by atoms with E-state index in [4.69, 9.17) is 15.3 Å². The van der Waals surface area contributed by atoms with Crippen LogP contribution in [0.1, 0.15) is 0 Å². The molecule has 0 bridgehead atoms. The first-order chi connectivity index (χ1) is 2.81. The minimum absolute atomic E-state index is 0. The molecule has 0 saturated heterocycles. The van der Waals surface area contributed by atoms with Gasteiger partial charge in [-0.25, -0.2) is 0 Å². The van der Waals surface area contributed by atoms with E-state index in [9.17, 15) is 0 Å². The smallest absolute Gasteiger partial charge is 0.870 e. The molecule has 0 heterocycles. The molecule has 0 aliphatic rings. The molecule has 0 aliphatic heterocycles. The van der Waals surface area contributed by atoms with Crippen LogP contribution in [0.15, 0.2) is 0 Å². The number of aliphatic hydroxyl groups excluding tert-OH is 3. The topological polar surface area (TPSA) is 121 Å². The second-order valence-corrected chi connectivity index (χ2v) is 1.02. The molecule has 5 N–H and O–H groups in total. The van der Waals surface area contributed by atoms with E-state index in [0.717, 1.165) is 0 Å². The molecule has 0 rings (SSSR count). The summed E-state index contributed by atoms with van der Waals surface area (Å²) in [6.45, 7) is -0.729. The van der Waals surface area contributed by atoms with Crippen molar-refractivity contribution in [2.45, 2.75) is 6.10 Å². The summed E-state index contributed by atoms with van der Waals surface area (Å²) in [6.07, 6.45) is -0.954. The molecular formula is C3H10Na2O5. The molecule has 0 aromatic carbocycles. The third-order valence-corrected chi connectivity index (χ3v) is 0.421. The number of aliphatic hydroxyl groups is 3. The molecular weight excluding hydrogens is 162 g/mol. The maximum absolute atomic E-state index is 8.17. The number of hydrogen-bond donors (Lipinski definition) is 3. The summed E-state index contributed by atoms with van der Waals surface area (Å²) in [7, 11) is 0. The molecule has 0 aromatic heterocycles. The second-order valence-electron chi connectivity index (χ2n) is 1.02. The Labute approximate surface area is 104 Å². The van der Waals surface area contributed by atoms with Crippen molar-refractivity contribution in [3.05, 3.63) is 0 Å². The van der Waals surface area contributed by atoms with Gasteiger partial charge in [0, 0.05) is 0 Å². The zero-order valence-corrected chi connectivity index (χ0v) is 10.2. The average molecular weight is 172 g/mol. The van der Waals surface area contributed by atoms with Gasteiger partial charge in [0.15, 0.2) is 0 Å². The van der Waals surface area contributed by atoms with Crippen LogP contribution in [0.25, 0.3) is 0 Å². The van der Waals surface area contributed by atoms with E-state index in [1.54, 1.807) is 0 Å². The van der Waals surface area contributed by atoms with Crippen LogP contribution in [0.2, 0.25) is 0 Å². The van der Waals surface area contributed by atoms with E-state index >= 15 is 0 Å². The minimum atomic E-state index is -0.954. The molecule has 7 heteroatoms. The van der Waals surface area contributed by atoms with Crippen molar-refractivity contribution in [1.29, 1.82) is 0 Å². The Bertz CT molecular complexity index is 34.1. The van der Waals surface area contributed by atoms with Crippen LogP contribution in [0.4, 0.5) is 0 Å². The first-order valence-electron chi connectivity index (χ1n) is 1.71. The van der Waals surface area contributed by atoms with Crippen molar-refractivity contribution in [2.75, 3.05) is 13.2 Å². The summed E-state index contributed by atoms with van der Waals surface area (Å²) < 4.78 is 0. The second kappa shape index (κ2) is 22.4. The molecule has 0 saturated carbocycles. The van der Waals surface area contributed by atoms with E-state index in [0.29, 0.717) is 0 Å². The van der Waals surface area contributed by atoms with E-state index in [-0.39, 0.29) is 83.3 Å². The van der Waals surface area contributed by atoms with Gasteiger partial charge in [-0.3, -0.25) is 0 Å².